The Morgan fingerprint density at radius 3 is 2.84 bits per heavy atom. The zero-order chi connectivity index (χ0) is 13.6. The third-order valence-electron chi connectivity index (χ3n) is 4.02. The summed E-state index contributed by atoms with van der Waals surface area (Å²) in [7, 11) is 0. The lowest BCUT2D eigenvalue weighted by Crippen LogP contribution is -2.20. The van der Waals surface area contributed by atoms with Gasteiger partial charge >= 0.3 is 11.7 Å². The molecular weight excluding hydrogens is 244 g/mol. The van der Waals surface area contributed by atoms with Crippen LogP contribution in [0.5, 0.6) is 0 Å². The molecule has 1 aromatic heterocycles. The van der Waals surface area contributed by atoms with E-state index in [1.807, 2.05) is 6.07 Å². The number of benzene rings is 1. The number of carboxylic acids is 1. The Morgan fingerprint density at radius 2 is 2.21 bits per heavy atom. The van der Waals surface area contributed by atoms with E-state index in [2.05, 4.69) is 11.9 Å². The second-order valence-electron chi connectivity index (χ2n) is 5.38. The van der Waals surface area contributed by atoms with E-state index >= 15 is 0 Å². The van der Waals surface area contributed by atoms with Crippen LogP contribution in [0.15, 0.2) is 23.0 Å². The lowest BCUT2D eigenvalue weighted by Gasteiger charge is -2.11. The normalized spacial score (nSPS) is 23.0. The van der Waals surface area contributed by atoms with Crippen LogP contribution in [0.1, 0.15) is 42.6 Å². The number of rotatable bonds is 2. The largest absolute Gasteiger partial charge is 0.478 e. The van der Waals surface area contributed by atoms with Crippen molar-refractivity contribution in [1.29, 1.82) is 0 Å². The highest BCUT2D eigenvalue weighted by molar-refractivity contribution is 6.00. The van der Waals surface area contributed by atoms with Gasteiger partial charge in [-0.05, 0) is 37.3 Å². The lowest BCUT2D eigenvalue weighted by molar-refractivity contribution is 0.0699. The van der Waals surface area contributed by atoms with E-state index in [0.717, 1.165) is 19.3 Å². The summed E-state index contributed by atoms with van der Waals surface area (Å²) in [5.41, 5.74) is 1.07. The van der Waals surface area contributed by atoms with Crippen molar-refractivity contribution >= 4 is 17.0 Å². The maximum Gasteiger partial charge on any atom is 0.337 e. The summed E-state index contributed by atoms with van der Waals surface area (Å²) >= 11 is 0. The average molecular weight is 260 g/mol. The Labute approximate surface area is 109 Å². The molecule has 0 saturated heterocycles. The minimum absolute atomic E-state index is 0.152. The molecule has 1 aliphatic carbocycles. The summed E-state index contributed by atoms with van der Waals surface area (Å²) in [5, 5.41) is 9.16. The summed E-state index contributed by atoms with van der Waals surface area (Å²) in [5.74, 6) is -0.400. The third kappa shape index (κ3) is 1.85. The molecular formula is C14H16N2O3. The van der Waals surface area contributed by atoms with Gasteiger partial charge in [-0.15, -0.1) is 0 Å². The molecule has 1 aromatic carbocycles. The molecule has 5 nitrogen and oxygen atoms in total. The second kappa shape index (κ2) is 4.26. The highest BCUT2D eigenvalue weighted by Gasteiger charge is 2.26. The van der Waals surface area contributed by atoms with Crippen LogP contribution in [0.2, 0.25) is 0 Å². The summed E-state index contributed by atoms with van der Waals surface area (Å²) in [4.78, 5) is 26.0. The van der Waals surface area contributed by atoms with Gasteiger partial charge in [0.2, 0.25) is 0 Å². The smallest absolute Gasteiger partial charge is 0.337 e. The zero-order valence-corrected chi connectivity index (χ0v) is 10.7. The number of aromatic amines is 1. The molecule has 0 amide bonds. The Bertz CT molecular complexity index is 698. The molecule has 1 fully saturated rings. The van der Waals surface area contributed by atoms with E-state index in [1.165, 1.54) is 6.07 Å². The number of hydrogen-bond acceptors (Lipinski definition) is 2. The lowest BCUT2D eigenvalue weighted by atomic mass is 10.1. The number of fused-ring (bicyclic) bond motifs is 1. The van der Waals surface area contributed by atoms with Crippen molar-refractivity contribution in [3.63, 3.8) is 0 Å². The number of nitrogens with zero attached hydrogens (tertiary/aromatic N) is 1. The van der Waals surface area contributed by atoms with Gasteiger partial charge in [0.15, 0.2) is 0 Å². The van der Waals surface area contributed by atoms with Crippen LogP contribution in [0.4, 0.5) is 0 Å². The molecule has 1 saturated carbocycles. The van der Waals surface area contributed by atoms with Crippen molar-refractivity contribution in [2.24, 2.45) is 5.92 Å². The van der Waals surface area contributed by atoms with E-state index in [4.69, 9.17) is 5.11 Å². The van der Waals surface area contributed by atoms with Crippen molar-refractivity contribution in [1.82, 2.24) is 9.55 Å². The first-order valence-electron chi connectivity index (χ1n) is 6.54. The molecule has 0 aliphatic heterocycles. The Balaban J connectivity index is 2.21. The number of carboxylic acid groups (broad SMARTS) is 1. The molecule has 1 heterocycles. The number of aromatic nitrogens is 2. The molecule has 100 valence electrons. The van der Waals surface area contributed by atoms with Crippen molar-refractivity contribution in [3.8, 4) is 0 Å². The molecule has 2 N–H and O–H groups in total. The molecule has 2 atom stereocenters. The predicted molar refractivity (Wildman–Crippen MR) is 71.6 cm³/mol. The summed E-state index contributed by atoms with van der Waals surface area (Å²) in [6.45, 7) is 2.18. The van der Waals surface area contributed by atoms with E-state index in [1.54, 1.807) is 10.6 Å². The van der Waals surface area contributed by atoms with Gasteiger partial charge < -0.3 is 10.1 Å². The number of hydrogen-bond donors (Lipinski definition) is 2. The molecule has 19 heavy (non-hydrogen) atoms. The Kier molecular flexibility index (Phi) is 2.69. The fraction of sp³-hybridized carbons (Fsp3) is 0.429. The van der Waals surface area contributed by atoms with Crippen molar-refractivity contribution in [2.75, 3.05) is 0 Å². The fourth-order valence-corrected chi connectivity index (χ4v) is 3.10. The minimum atomic E-state index is -1.02. The first-order chi connectivity index (χ1) is 9.08. The Morgan fingerprint density at radius 1 is 1.42 bits per heavy atom. The van der Waals surface area contributed by atoms with Crippen LogP contribution >= 0.6 is 0 Å². The number of carbonyl (C=O) groups is 1. The van der Waals surface area contributed by atoms with Crippen LogP contribution < -0.4 is 5.69 Å². The Hall–Kier alpha value is -2.04. The van der Waals surface area contributed by atoms with Crippen LogP contribution in [-0.2, 0) is 0 Å². The van der Waals surface area contributed by atoms with Gasteiger partial charge in [0, 0.05) is 6.04 Å². The van der Waals surface area contributed by atoms with Gasteiger partial charge in [-0.3, -0.25) is 4.57 Å². The molecule has 0 spiro atoms. The van der Waals surface area contributed by atoms with Gasteiger partial charge in [0.05, 0.1) is 16.6 Å². The van der Waals surface area contributed by atoms with Crippen LogP contribution in [0, 0.1) is 5.92 Å². The van der Waals surface area contributed by atoms with Crippen LogP contribution in [-0.4, -0.2) is 20.6 Å². The van der Waals surface area contributed by atoms with Crippen LogP contribution in [0.25, 0.3) is 11.0 Å². The standard InChI is InChI=1S/C14H16N2O3/c1-8-5-6-9(7-8)16-11-4-2-3-10(13(17)18)12(11)15-14(16)19/h2-4,8-9H,5-7H2,1H3,(H,15,19)(H,17,18). The fourth-order valence-electron chi connectivity index (χ4n) is 3.10. The maximum atomic E-state index is 12.1. The van der Waals surface area contributed by atoms with Gasteiger partial charge in [-0.25, -0.2) is 9.59 Å². The molecule has 3 rings (SSSR count). The first kappa shape index (κ1) is 12.0. The second-order valence-corrected chi connectivity index (χ2v) is 5.38. The van der Waals surface area contributed by atoms with Crippen molar-refractivity contribution in [3.05, 3.63) is 34.2 Å². The quantitative estimate of drug-likeness (QED) is 0.870. The number of H-pyrrole nitrogens is 1. The molecule has 5 heteroatoms. The van der Waals surface area contributed by atoms with E-state index in [0.29, 0.717) is 17.0 Å². The molecule has 2 unspecified atom stereocenters. The number of para-hydroxylation sites is 1. The summed E-state index contributed by atoms with van der Waals surface area (Å²) < 4.78 is 1.73. The molecule has 0 bridgehead atoms. The third-order valence-corrected chi connectivity index (χ3v) is 4.02. The van der Waals surface area contributed by atoms with Crippen molar-refractivity contribution in [2.45, 2.75) is 32.2 Å². The number of imidazole rings is 1. The van der Waals surface area contributed by atoms with Crippen LogP contribution in [0.3, 0.4) is 0 Å². The zero-order valence-electron chi connectivity index (χ0n) is 10.7. The minimum Gasteiger partial charge on any atom is -0.478 e. The summed E-state index contributed by atoms with van der Waals surface area (Å²) in [6, 6.07) is 5.19. The first-order valence-corrected chi connectivity index (χ1v) is 6.54. The monoisotopic (exact) mass is 260 g/mol. The highest BCUT2D eigenvalue weighted by atomic mass is 16.4. The number of aromatic carboxylic acids is 1. The molecule has 2 aromatic rings. The number of nitrogens with one attached hydrogen (secondary N) is 1. The molecule has 1 aliphatic rings. The van der Waals surface area contributed by atoms with E-state index in [-0.39, 0.29) is 17.3 Å². The van der Waals surface area contributed by atoms with Gasteiger partial charge in [0.25, 0.3) is 0 Å². The average Bonchev–Trinajstić information content (AvgIpc) is 2.90. The maximum absolute atomic E-state index is 12.1. The van der Waals surface area contributed by atoms with E-state index in [9.17, 15) is 9.59 Å². The van der Waals surface area contributed by atoms with Crippen molar-refractivity contribution < 1.29 is 9.90 Å². The van der Waals surface area contributed by atoms with E-state index < -0.39 is 5.97 Å². The van der Waals surface area contributed by atoms with Gasteiger partial charge in [-0.2, -0.15) is 0 Å². The topological polar surface area (TPSA) is 75.1 Å². The van der Waals surface area contributed by atoms with Gasteiger partial charge in [0.1, 0.15) is 0 Å². The summed E-state index contributed by atoms with van der Waals surface area (Å²) in [6.07, 6.45) is 3.07. The predicted octanol–water partition coefficient (Wildman–Crippen LogP) is 2.39. The van der Waals surface area contributed by atoms with Gasteiger partial charge in [-0.1, -0.05) is 13.0 Å². The molecule has 0 radical (unpaired) electrons. The highest BCUT2D eigenvalue weighted by Crippen LogP contribution is 2.35. The SMILES string of the molecule is CC1CCC(n2c(=O)[nH]c3c(C(=O)O)cccc32)C1.